The number of likely N-dealkylation sites (tertiary alicyclic amines) is 1. The molecule has 0 saturated carbocycles. The van der Waals surface area contributed by atoms with Gasteiger partial charge in [-0.05, 0) is 45.7 Å². The van der Waals surface area contributed by atoms with Gasteiger partial charge in [-0.3, -0.25) is 0 Å². The van der Waals surface area contributed by atoms with E-state index in [1.807, 2.05) is 0 Å². The van der Waals surface area contributed by atoms with Crippen molar-refractivity contribution in [1.82, 2.24) is 15.0 Å². The van der Waals surface area contributed by atoms with Gasteiger partial charge in [0.2, 0.25) is 5.89 Å². The Balaban J connectivity index is 1.77. The molecule has 0 aromatic carbocycles. The van der Waals surface area contributed by atoms with Gasteiger partial charge in [0.25, 0.3) is 0 Å². The number of piperidine rings is 1. The molecule has 108 valence electrons. The zero-order valence-electron chi connectivity index (χ0n) is 12.3. The summed E-state index contributed by atoms with van der Waals surface area (Å²) in [5, 5.41) is 3.99. The van der Waals surface area contributed by atoms with Crippen molar-refractivity contribution >= 4 is 0 Å². The molecule has 0 bridgehead atoms. The van der Waals surface area contributed by atoms with E-state index in [4.69, 9.17) is 9.26 Å². The van der Waals surface area contributed by atoms with Gasteiger partial charge < -0.3 is 14.2 Å². The molecule has 0 atom stereocenters. The number of rotatable bonds is 6. The van der Waals surface area contributed by atoms with Gasteiger partial charge >= 0.3 is 0 Å². The smallest absolute Gasteiger partial charge is 0.226 e. The van der Waals surface area contributed by atoms with Gasteiger partial charge in [-0.2, -0.15) is 4.98 Å². The zero-order valence-corrected chi connectivity index (χ0v) is 12.3. The number of methoxy groups -OCH3 is 1. The average molecular weight is 267 g/mol. The van der Waals surface area contributed by atoms with Crippen LogP contribution in [0.25, 0.3) is 0 Å². The van der Waals surface area contributed by atoms with Gasteiger partial charge in [0.1, 0.15) is 0 Å². The van der Waals surface area contributed by atoms with Gasteiger partial charge in [-0.1, -0.05) is 5.16 Å². The molecule has 2 heterocycles. The second kappa shape index (κ2) is 7.01. The summed E-state index contributed by atoms with van der Waals surface area (Å²) in [5.41, 5.74) is 0. The van der Waals surface area contributed by atoms with Crippen molar-refractivity contribution in [2.45, 2.75) is 45.6 Å². The van der Waals surface area contributed by atoms with Crippen molar-refractivity contribution in [2.75, 3.05) is 26.8 Å². The Bertz CT molecular complexity index is 371. The Morgan fingerprint density at radius 2 is 2.11 bits per heavy atom. The first-order valence-electron chi connectivity index (χ1n) is 7.23. The van der Waals surface area contributed by atoms with Crippen LogP contribution in [0.5, 0.6) is 0 Å². The molecule has 0 amide bonds. The van der Waals surface area contributed by atoms with Crippen LogP contribution < -0.4 is 0 Å². The fourth-order valence-electron chi connectivity index (χ4n) is 2.59. The molecule has 0 N–H and O–H groups in total. The number of nitrogens with zero attached hydrogens (tertiary/aromatic N) is 3. The van der Waals surface area contributed by atoms with E-state index in [0.717, 1.165) is 24.6 Å². The van der Waals surface area contributed by atoms with Gasteiger partial charge in [0.15, 0.2) is 5.82 Å². The van der Waals surface area contributed by atoms with Crippen molar-refractivity contribution in [3.8, 4) is 0 Å². The Morgan fingerprint density at radius 3 is 2.74 bits per heavy atom. The van der Waals surface area contributed by atoms with Crippen molar-refractivity contribution in [3.63, 3.8) is 0 Å². The van der Waals surface area contributed by atoms with Crippen LogP contribution in [-0.2, 0) is 17.6 Å². The molecule has 1 aliphatic heterocycles. The van der Waals surface area contributed by atoms with Crippen LogP contribution in [0.1, 0.15) is 38.4 Å². The molecule has 5 heteroatoms. The first-order chi connectivity index (χ1) is 9.19. The van der Waals surface area contributed by atoms with E-state index in [9.17, 15) is 0 Å². The lowest BCUT2D eigenvalue weighted by molar-refractivity contribution is 0.145. The second-order valence-electron chi connectivity index (χ2n) is 5.62. The molecule has 1 fully saturated rings. The number of aromatic nitrogens is 2. The monoisotopic (exact) mass is 267 g/mol. The van der Waals surface area contributed by atoms with E-state index in [2.05, 4.69) is 28.9 Å². The summed E-state index contributed by atoms with van der Waals surface area (Å²) in [6.07, 6.45) is 4.11. The van der Waals surface area contributed by atoms with Crippen LogP contribution >= 0.6 is 0 Å². The molecule has 0 radical (unpaired) electrons. The van der Waals surface area contributed by atoms with Crippen LogP contribution in [0.3, 0.4) is 0 Å². The van der Waals surface area contributed by atoms with E-state index in [1.165, 1.54) is 25.9 Å². The molecule has 2 rings (SSSR count). The highest BCUT2D eigenvalue weighted by molar-refractivity contribution is 4.89. The van der Waals surface area contributed by atoms with Crippen LogP contribution in [0.2, 0.25) is 0 Å². The Morgan fingerprint density at radius 1 is 1.37 bits per heavy atom. The van der Waals surface area contributed by atoms with E-state index < -0.39 is 0 Å². The maximum absolute atomic E-state index is 5.31. The van der Waals surface area contributed by atoms with E-state index in [-0.39, 0.29) is 0 Å². The number of ether oxygens (including phenoxy) is 1. The van der Waals surface area contributed by atoms with Crippen molar-refractivity contribution < 1.29 is 9.26 Å². The van der Waals surface area contributed by atoms with Crippen molar-refractivity contribution in [1.29, 1.82) is 0 Å². The summed E-state index contributed by atoms with van der Waals surface area (Å²) in [4.78, 5) is 6.96. The quantitative estimate of drug-likeness (QED) is 0.788. The largest absolute Gasteiger partial charge is 0.384 e. The maximum Gasteiger partial charge on any atom is 0.226 e. The van der Waals surface area contributed by atoms with Gasteiger partial charge in [-0.25, -0.2) is 0 Å². The molecule has 0 aliphatic carbocycles. The van der Waals surface area contributed by atoms with Crippen LogP contribution in [0.15, 0.2) is 4.52 Å². The molecule has 1 aromatic rings. The highest BCUT2D eigenvalue weighted by Crippen LogP contribution is 2.22. The third-order valence-corrected chi connectivity index (χ3v) is 3.88. The highest BCUT2D eigenvalue weighted by atomic mass is 16.5. The van der Waals surface area contributed by atoms with E-state index >= 15 is 0 Å². The lowest BCUT2D eigenvalue weighted by Crippen LogP contribution is -2.38. The van der Waals surface area contributed by atoms with Crippen LogP contribution in [0, 0.1) is 5.92 Å². The lowest BCUT2D eigenvalue weighted by atomic mass is 9.93. The Hall–Kier alpha value is -0.940. The van der Waals surface area contributed by atoms with Gasteiger partial charge in [0.05, 0.1) is 6.61 Å². The standard InChI is InChI=1S/C14H25N3O2/c1-11(2)17-7-4-12(5-8-17)10-14-15-13(16-19-14)6-9-18-3/h11-12H,4-10H2,1-3H3. The van der Waals surface area contributed by atoms with Crippen molar-refractivity contribution in [3.05, 3.63) is 11.7 Å². The fourth-order valence-corrected chi connectivity index (χ4v) is 2.59. The molecule has 0 unspecified atom stereocenters. The molecular weight excluding hydrogens is 242 g/mol. The minimum atomic E-state index is 0.645. The predicted molar refractivity (Wildman–Crippen MR) is 73.0 cm³/mol. The van der Waals surface area contributed by atoms with Crippen molar-refractivity contribution in [2.24, 2.45) is 5.92 Å². The molecule has 1 aliphatic rings. The summed E-state index contributed by atoms with van der Waals surface area (Å²) < 4.78 is 10.3. The topological polar surface area (TPSA) is 51.4 Å². The third-order valence-electron chi connectivity index (χ3n) is 3.88. The molecular formula is C14H25N3O2. The lowest BCUT2D eigenvalue weighted by Gasteiger charge is -2.34. The van der Waals surface area contributed by atoms with Crippen LogP contribution in [0.4, 0.5) is 0 Å². The Labute approximate surface area is 115 Å². The minimum absolute atomic E-state index is 0.645. The molecule has 0 spiro atoms. The second-order valence-corrected chi connectivity index (χ2v) is 5.62. The maximum atomic E-state index is 5.31. The molecule has 19 heavy (non-hydrogen) atoms. The van der Waals surface area contributed by atoms with E-state index in [0.29, 0.717) is 18.6 Å². The predicted octanol–water partition coefficient (Wildman–Crippen LogP) is 1.92. The fraction of sp³-hybridized carbons (Fsp3) is 0.857. The van der Waals surface area contributed by atoms with Crippen LogP contribution in [-0.4, -0.2) is 47.9 Å². The third kappa shape index (κ3) is 4.28. The average Bonchev–Trinajstić information content (AvgIpc) is 2.84. The summed E-state index contributed by atoms with van der Waals surface area (Å²) >= 11 is 0. The minimum Gasteiger partial charge on any atom is -0.384 e. The SMILES string of the molecule is COCCc1noc(CC2CCN(C(C)C)CC2)n1. The zero-order chi connectivity index (χ0) is 13.7. The van der Waals surface area contributed by atoms with Gasteiger partial charge in [-0.15, -0.1) is 0 Å². The molecule has 5 nitrogen and oxygen atoms in total. The highest BCUT2D eigenvalue weighted by Gasteiger charge is 2.22. The summed E-state index contributed by atoms with van der Waals surface area (Å²) in [5.74, 6) is 2.23. The number of hydrogen-bond acceptors (Lipinski definition) is 5. The molecule has 1 aromatic heterocycles. The summed E-state index contributed by atoms with van der Waals surface area (Å²) in [7, 11) is 1.68. The van der Waals surface area contributed by atoms with Gasteiger partial charge in [0, 0.05) is 26.0 Å². The van der Waals surface area contributed by atoms with E-state index in [1.54, 1.807) is 7.11 Å². The first kappa shape index (κ1) is 14.5. The number of hydrogen-bond donors (Lipinski definition) is 0. The Kier molecular flexibility index (Phi) is 5.34. The summed E-state index contributed by atoms with van der Waals surface area (Å²) in [6.45, 7) is 7.55. The summed E-state index contributed by atoms with van der Waals surface area (Å²) in [6, 6.07) is 0.657. The molecule has 1 saturated heterocycles. The normalized spacial score (nSPS) is 18.3. The first-order valence-corrected chi connectivity index (χ1v) is 7.23.